The van der Waals surface area contributed by atoms with Gasteiger partial charge in [0.15, 0.2) is 5.69 Å². The number of unbranched alkanes of at least 4 members (excludes halogenated alkanes) is 1. The summed E-state index contributed by atoms with van der Waals surface area (Å²) in [5, 5.41) is 0. The molecular weight excluding hydrogens is 184 g/mol. The van der Waals surface area contributed by atoms with Gasteiger partial charge in [-0.25, -0.2) is 9.78 Å². The number of carbonyl (C=O) groups is 1. The zero-order chi connectivity index (χ0) is 10.4. The molecule has 1 aromatic heterocycles. The minimum atomic E-state index is -0.505. The number of esters is 1. The molecule has 0 amide bonds. The van der Waals surface area contributed by atoms with Gasteiger partial charge in [-0.2, -0.15) is 0 Å². The molecule has 0 spiro atoms. The smallest absolute Gasteiger partial charge is 0.358 e. The van der Waals surface area contributed by atoms with Crippen molar-refractivity contribution < 1.29 is 9.53 Å². The van der Waals surface area contributed by atoms with E-state index in [-0.39, 0.29) is 11.3 Å². The standard InChI is InChI=1S/C9H12N2O3/c1-2-3-4-14-9(13)7-5-11-8(12)6-10-7/h5-6H,2-4H2,1H3,(H,11,12). The van der Waals surface area contributed by atoms with Crippen LogP contribution in [0.15, 0.2) is 17.2 Å². The molecule has 0 saturated carbocycles. The number of carbonyl (C=O) groups excluding carboxylic acids is 1. The molecule has 14 heavy (non-hydrogen) atoms. The Labute approximate surface area is 81.1 Å². The molecule has 0 aliphatic heterocycles. The third kappa shape index (κ3) is 3.01. The minimum Gasteiger partial charge on any atom is -0.461 e. The van der Waals surface area contributed by atoms with E-state index >= 15 is 0 Å². The fraction of sp³-hybridized carbons (Fsp3) is 0.444. The Kier molecular flexibility index (Phi) is 3.84. The number of aromatic amines is 1. The van der Waals surface area contributed by atoms with Crippen LogP contribution in [-0.4, -0.2) is 22.5 Å². The molecule has 0 bridgehead atoms. The summed E-state index contributed by atoms with van der Waals surface area (Å²) in [6.07, 6.45) is 4.09. The fourth-order valence-corrected chi connectivity index (χ4v) is 0.837. The van der Waals surface area contributed by atoms with E-state index in [1.807, 2.05) is 6.92 Å². The second-order valence-electron chi connectivity index (χ2n) is 2.79. The monoisotopic (exact) mass is 196 g/mol. The van der Waals surface area contributed by atoms with E-state index in [0.29, 0.717) is 6.61 Å². The third-order valence-corrected chi connectivity index (χ3v) is 1.61. The van der Waals surface area contributed by atoms with Crippen molar-refractivity contribution in [3.8, 4) is 0 Å². The van der Waals surface area contributed by atoms with Gasteiger partial charge in [0.25, 0.3) is 5.56 Å². The lowest BCUT2D eigenvalue weighted by Crippen LogP contribution is -2.13. The molecule has 5 heteroatoms. The summed E-state index contributed by atoms with van der Waals surface area (Å²) >= 11 is 0. The van der Waals surface area contributed by atoms with Gasteiger partial charge >= 0.3 is 5.97 Å². The number of H-pyrrole nitrogens is 1. The number of aromatic nitrogens is 2. The first-order chi connectivity index (χ1) is 6.74. The van der Waals surface area contributed by atoms with E-state index in [9.17, 15) is 9.59 Å². The molecule has 1 rings (SSSR count). The van der Waals surface area contributed by atoms with Crippen molar-refractivity contribution in [1.82, 2.24) is 9.97 Å². The molecule has 0 aliphatic rings. The summed E-state index contributed by atoms with van der Waals surface area (Å²) in [5.41, 5.74) is -0.212. The second-order valence-corrected chi connectivity index (χ2v) is 2.79. The molecule has 0 atom stereocenters. The van der Waals surface area contributed by atoms with Gasteiger partial charge in [-0.15, -0.1) is 0 Å². The summed E-state index contributed by atoms with van der Waals surface area (Å²) in [6, 6.07) is 0. The van der Waals surface area contributed by atoms with E-state index in [2.05, 4.69) is 9.97 Å². The van der Waals surface area contributed by atoms with Crippen molar-refractivity contribution in [3.05, 3.63) is 28.4 Å². The van der Waals surface area contributed by atoms with Crippen LogP contribution in [0.4, 0.5) is 0 Å². The van der Waals surface area contributed by atoms with Crippen molar-refractivity contribution in [3.63, 3.8) is 0 Å². The van der Waals surface area contributed by atoms with Crippen molar-refractivity contribution in [2.24, 2.45) is 0 Å². The number of hydrogen-bond donors (Lipinski definition) is 1. The Hall–Kier alpha value is -1.65. The Bertz CT molecular complexity index is 339. The first kappa shape index (κ1) is 10.4. The van der Waals surface area contributed by atoms with Crippen LogP contribution in [-0.2, 0) is 4.74 Å². The topological polar surface area (TPSA) is 72.1 Å². The number of ether oxygens (including phenoxy) is 1. The van der Waals surface area contributed by atoms with Crippen LogP contribution in [0.1, 0.15) is 30.3 Å². The van der Waals surface area contributed by atoms with Crippen molar-refractivity contribution in [2.75, 3.05) is 6.61 Å². The molecule has 0 radical (unpaired) electrons. The minimum absolute atomic E-state index is 0.126. The highest BCUT2D eigenvalue weighted by Crippen LogP contribution is 1.95. The van der Waals surface area contributed by atoms with Crippen LogP contribution in [0.3, 0.4) is 0 Å². The quantitative estimate of drug-likeness (QED) is 0.569. The molecule has 1 N–H and O–H groups in total. The Morgan fingerprint density at radius 2 is 2.43 bits per heavy atom. The average molecular weight is 196 g/mol. The van der Waals surface area contributed by atoms with Gasteiger partial charge in [0.1, 0.15) is 0 Å². The molecule has 0 aromatic carbocycles. The van der Waals surface area contributed by atoms with Crippen LogP contribution in [0.5, 0.6) is 0 Å². The summed E-state index contributed by atoms with van der Waals surface area (Å²) in [7, 11) is 0. The number of hydrogen-bond acceptors (Lipinski definition) is 4. The van der Waals surface area contributed by atoms with E-state index in [1.165, 1.54) is 6.20 Å². The first-order valence-electron chi connectivity index (χ1n) is 4.46. The number of nitrogens with zero attached hydrogens (tertiary/aromatic N) is 1. The fourth-order valence-electron chi connectivity index (χ4n) is 0.837. The highest BCUT2D eigenvalue weighted by atomic mass is 16.5. The molecule has 1 aromatic rings. The van der Waals surface area contributed by atoms with Crippen LogP contribution < -0.4 is 5.56 Å². The number of rotatable bonds is 4. The van der Waals surface area contributed by atoms with E-state index in [4.69, 9.17) is 4.74 Å². The van der Waals surface area contributed by atoms with Crippen molar-refractivity contribution in [1.29, 1.82) is 0 Å². The van der Waals surface area contributed by atoms with E-state index < -0.39 is 5.97 Å². The lowest BCUT2D eigenvalue weighted by molar-refractivity contribution is 0.0492. The molecular formula is C9H12N2O3. The summed E-state index contributed by atoms with van der Waals surface area (Å²) in [4.78, 5) is 27.8. The molecule has 0 aliphatic carbocycles. The summed E-state index contributed by atoms with van der Waals surface area (Å²) in [5.74, 6) is -0.505. The summed E-state index contributed by atoms with van der Waals surface area (Å²) in [6.45, 7) is 2.39. The molecule has 0 unspecified atom stereocenters. The van der Waals surface area contributed by atoms with Gasteiger partial charge in [-0.3, -0.25) is 4.79 Å². The third-order valence-electron chi connectivity index (χ3n) is 1.61. The van der Waals surface area contributed by atoms with E-state index in [1.54, 1.807) is 0 Å². The Morgan fingerprint density at radius 3 is 3.00 bits per heavy atom. The Balaban J connectivity index is 2.52. The maximum atomic E-state index is 11.2. The first-order valence-corrected chi connectivity index (χ1v) is 4.46. The molecule has 76 valence electrons. The van der Waals surface area contributed by atoms with Crippen molar-refractivity contribution >= 4 is 5.97 Å². The normalized spacial score (nSPS) is 9.79. The zero-order valence-electron chi connectivity index (χ0n) is 7.95. The van der Waals surface area contributed by atoms with Gasteiger partial charge in [0.05, 0.1) is 12.8 Å². The lowest BCUT2D eigenvalue weighted by Gasteiger charge is -2.01. The number of nitrogens with one attached hydrogen (secondary N) is 1. The maximum Gasteiger partial charge on any atom is 0.358 e. The molecule has 5 nitrogen and oxygen atoms in total. The van der Waals surface area contributed by atoms with Crippen LogP contribution >= 0.6 is 0 Å². The molecule has 1 heterocycles. The van der Waals surface area contributed by atoms with E-state index in [0.717, 1.165) is 19.0 Å². The molecule has 0 fully saturated rings. The van der Waals surface area contributed by atoms with Gasteiger partial charge in [-0.1, -0.05) is 13.3 Å². The van der Waals surface area contributed by atoms with Crippen LogP contribution in [0.2, 0.25) is 0 Å². The van der Waals surface area contributed by atoms with Crippen molar-refractivity contribution in [2.45, 2.75) is 19.8 Å². The second kappa shape index (κ2) is 5.16. The average Bonchev–Trinajstić information content (AvgIpc) is 2.19. The van der Waals surface area contributed by atoms with Gasteiger partial charge in [0, 0.05) is 6.20 Å². The molecule has 0 saturated heterocycles. The zero-order valence-corrected chi connectivity index (χ0v) is 7.95. The summed E-state index contributed by atoms with van der Waals surface area (Å²) < 4.78 is 4.88. The Morgan fingerprint density at radius 1 is 1.64 bits per heavy atom. The highest BCUT2D eigenvalue weighted by molar-refractivity contribution is 5.86. The lowest BCUT2D eigenvalue weighted by atomic mass is 10.4. The van der Waals surface area contributed by atoms with Crippen LogP contribution in [0, 0.1) is 0 Å². The van der Waals surface area contributed by atoms with Gasteiger partial charge < -0.3 is 9.72 Å². The maximum absolute atomic E-state index is 11.2. The van der Waals surface area contributed by atoms with Crippen LogP contribution in [0.25, 0.3) is 0 Å². The predicted octanol–water partition coefficient (Wildman–Crippen LogP) is 0.727. The van der Waals surface area contributed by atoms with Gasteiger partial charge in [0.2, 0.25) is 0 Å². The largest absolute Gasteiger partial charge is 0.461 e. The highest BCUT2D eigenvalue weighted by Gasteiger charge is 2.07. The SMILES string of the molecule is CCCCOC(=O)c1c[nH]c(=O)cn1. The predicted molar refractivity (Wildman–Crippen MR) is 50.0 cm³/mol. The van der Waals surface area contributed by atoms with Gasteiger partial charge in [-0.05, 0) is 6.42 Å².